The molecule has 0 aliphatic carbocycles. The smallest absolute Gasteiger partial charge is 0.0394 e. The number of nitrogens with one attached hydrogen (secondary N) is 1. The van der Waals surface area contributed by atoms with Gasteiger partial charge in [0.05, 0.1) is 0 Å². The fourth-order valence-electron chi connectivity index (χ4n) is 1.38. The van der Waals surface area contributed by atoms with Crippen LogP contribution >= 0.6 is 0 Å². The lowest BCUT2D eigenvalue weighted by atomic mass is 10.3. The van der Waals surface area contributed by atoms with Gasteiger partial charge in [0.2, 0.25) is 0 Å². The lowest BCUT2D eigenvalue weighted by Crippen LogP contribution is -2.19. The molecule has 0 bridgehead atoms. The molecular formula is C11H19N3. The number of unbranched alkanes of at least 4 members (excludes halogenated alkanes) is 1. The first kappa shape index (κ1) is 11.0. The van der Waals surface area contributed by atoms with Crippen LogP contribution in [0, 0.1) is 0 Å². The van der Waals surface area contributed by atoms with Crippen molar-refractivity contribution >= 4 is 5.69 Å². The van der Waals surface area contributed by atoms with Crippen LogP contribution in [0.2, 0.25) is 0 Å². The summed E-state index contributed by atoms with van der Waals surface area (Å²) in [7, 11) is 4.11. The third kappa shape index (κ3) is 3.75. The van der Waals surface area contributed by atoms with E-state index >= 15 is 0 Å². The molecule has 0 aliphatic heterocycles. The molecule has 0 fully saturated rings. The number of hydrogen-bond donors (Lipinski definition) is 1. The van der Waals surface area contributed by atoms with Gasteiger partial charge in [-0.2, -0.15) is 0 Å². The monoisotopic (exact) mass is 193 g/mol. The second kappa shape index (κ2) is 6.38. The molecule has 0 saturated heterocycles. The summed E-state index contributed by atoms with van der Waals surface area (Å²) in [6.07, 6.45) is 6.12. The first-order chi connectivity index (χ1) is 6.84. The molecule has 14 heavy (non-hydrogen) atoms. The highest BCUT2D eigenvalue weighted by atomic mass is 15.1. The van der Waals surface area contributed by atoms with Crippen molar-refractivity contribution in [2.45, 2.75) is 12.8 Å². The minimum Gasteiger partial charge on any atom is -0.375 e. The van der Waals surface area contributed by atoms with E-state index in [0.29, 0.717) is 0 Å². The second-order valence-corrected chi connectivity index (χ2v) is 3.44. The molecule has 0 unspecified atom stereocenters. The summed E-state index contributed by atoms with van der Waals surface area (Å²) < 4.78 is 0. The van der Waals surface area contributed by atoms with E-state index in [1.165, 1.54) is 18.5 Å². The van der Waals surface area contributed by atoms with Gasteiger partial charge in [-0.3, -0.25) is 4.98 Å². The zero-order chi connectivity index (χ0) is 10.2. The Morgan fingerprint density at radius 1 is 1.29 bits per heavy atom. The number of anilines is 1. The average molecular weight is 193 g/mol. The Hall–Kier alpha value is -1.09. The standard InChI is InChI=1S/C11H19N3/c1-12-7-3-4-10-14(2)11-5-8-13-9-6-11/h5-6,8-9,12H,3-4,7,10H2,1-2H3. The van der Waals surface area contributed by atoms with E-state index in [2.05, 4.69) is 22.2 Å². The maximum Gasteiger partial charge on any atom is 0.0394 e. The topological polar surface area (TPSA) is 28.2 Å². The van der Waals surface area contributed by atoms with Crippen molar-refractivity contribution in [3.63, 3.8) is 0 Å². The number of rotatable bonds is 6. The van der Waals surface area contributed by atoms with E-state index in [0.717, 1.165) is 13.1 Å². The van der Waals surface area contributed by atoms with Crippen LogP contribution in [0.15, 0.2) is 24.5 Å². The molecule has 0 aromatic carbocycles. The first-order valence-electron chi connectivity index (χ1n) is 5.10. The summed E-state index contributed by atoms with van der Waals surface area (Å²) in [5.74, 6) is 0. The third-order valence-corrected chi connectivity index (χ3v) is 2.27. The molecule has 1 aromatic heterocycles. The van der Waals surface area contributed by atoms with Crippen molar-refractivity contribution in [3.05, 3.63) is 24.5 Å². The third-order valence-electron chi connectivity index (χ3n) is 2.27. The second-order valence-electron chi connectivity index (χ2n) is 3.44. The van der Waals surface area contributed by atoms with E-state index < -0.39 is 0 Å². The molecule has 1 aromatic rings. The summed E-state index contributed by atoms with van der Waals surface area (Å²) >= 11 is 0. The highest BCUT2D eigenvalue weighted by Crippen LogP contribution is 2.09. The Morgan fingerprint density at radius 3 is 2.64 bits per heavy atom. The molecule has 1 rings (SSSR count). The minimum atomic E-state index is 1.10. The van der Waals surface area contributed by atoms with Crippen molar-refractivity contribution in [2.75, 3.05) is 32.1 Å². The van der Waals surface area contributed by atoms with Crippen LogP contribution in [0.5, 0.6) is 0 Å². The van der Waals surface area contributed by atoms with Crippen LogP contribution < -0.4 is 10.2 Å². The van der Waals surface area contributed by atoms with Crippen molar-refractivity contribution in [2.24, 2.45) is 0 Å². The Kier molecular flexibility index (Phi) is 5.00. The highest BCUT2D eigenvalue weighted by Gasteiger charge is 1.98. The average Bonchev–Trinajstić information content (AvgIpc) is 2.25. The van der Waals surface area contributed by atoms with Crippen LogP contribution in [0.25, 0.3) is 0 Å². The fraction of sp³-hybridized carbons (Fsp3) is 0.545. The Labute approximate surface area is 86.2 Å². The normalized spacial score (nSPS) is 10.1. The Bertz CT molecular complexity index is 236. The summed E-state index contributed by atoms with van der Waals surface area (Å²) in [6.45, 7) is 2.20. The molecule has 0 aliphatic rings. The summed E-state index contributed by atoms with van der Waals surface area (Å²) in [5.41, 5.74) is 1.24. The molecule has 0 atom stereocenters. The predicted octanol–water partition coefficient (Wildman–Crippen LogP) is 1.52. The van der Waals surface area contributed by atoms with E-state index in [-0.39, 0.29) is 0 Å². The molecule has 1 N–H and O–H groups in total. The maximum atomic E-state index is 4.00. The Morgan fingerprint density at radius 2 is 2.00 bits per heavy atom. The van der Waals surface area contributed by atoms with E-state index in [1.807, 2.05) is 31.6 Å². The zero-order valence-electron chi connectivity index (χ0n) is 9.03. The maximum absolute atomic E-state index is 4.00. The lowest BCUT2D eigenvalue weighted by Gasteiger charge is -2.18. The molecule has 0 saturated carbocycles. The van der Waals surface area contributed by atoms with Gasteiger partial charge in [-0.15, -0.1) is 0 Å². The van der Waals surface area contributed by atoms with Gasteiger partial charge in [-0.05, 0) is 38.6 Å². The van der Waals surface area contributed by atoms with Gasteiger partial charge in [0.25, 0.3) is 0 Å². The van der Waals surface area contributed by atoms with Crippen LogP contribution in [0.3, 0.4) is 0 Å². The number of hydrogen-bond acceptors (Lipinski definition) is 3. The molecule has 1 heterocycles. The van der Waals surface area contributed by atoms with Gasteiger partial charge in [-0.25, -0.2) is 0 Å². The largest absolute Gasteiger partial charge is 0.375 e. The van der Waals surface area contributed by atoms with Crippen molar-refractivity contribution in [3.8, 4) is 0 Å². The lowest BCUT2D eigenvalue weighted by molar-refractivity contribution is 0.671. The molecular weight excluding hydrogens is 174 g/mol. The van der Waals surface area contributed by atoms with Gasteiger partial charge in [0, 0.05) is 31.7 Å². The molecule has 0 radical (unpaired) electrons. The number of aromatic nitrogens is 1. The Balaban J connectivity index is 2.25. The fourth-order valence-corrected chi connectivity index (χ4v) is 1.38. The first-order valence-corrected chi connectivity index (χ1v) is 5.10. The van der Waals surface area contributed by atoms with Gasteiger partial charge in [0.1, 0.15) is 0 Å². The highest BCUT2D eigenvalue weighted by molar-refractivity contribution is 5.43. The van der Waals surface area contributed by atoms with Gasteiger partial charge in [-0.1, -0.05) is 0 Å². The number of pyridine rings is 1. The van der Waals surface area contributed by atoms with Crippen molar-refractivity contribution in [1.29, 1.82) is 0 Å². The minimum absolute atomic E-state index is 1.10. The van der Waals surface area contributed by atoms with Gasteiger partial charge >= 0.3 is 0 Å². The van der Waals surface area contributed by atoms with E-state index in [9.17, 15) is 0 Å². The van der Waals surface area contributed by atoms with Crippen LogP contribution in [-0.4, -0.2) is 32.2 Å². The molecule has 78 valence electrons. The van der Waals surface area contributed by atoms with Crippen LogP contribution in [-0.2, 0) is 0 Å². The van der Waals surface area contributed by atoms with E-state index in [1.54, 1.807) is 0 Å². The van der Waals surface area contributed by atoms with Gasteiger partial charge in [0.15, 0.2) is 0 Å². The molecule has 3 nitrogen and oxygen atoms in total. The van der Waals surface area contributed by atoms with E-state index in [4.69, 9.17) is 0 Å². The molecule has 0 spiro atoms. The van der Waals surface area contributed by atoms with Crippen molar-refractivity contribution < 1.29 is 0 Å². The molecule has 0 amide bonds. The van der Waals surface area contributed by atoms with Crippen molar-refractivity contribution in [1.82, 2.24) is 10.3 Å². The van der Waals surface area contributed by atoms with Gasteiger partial charge < -0.3 is 10.2 Å². The van der Waals surface area contributed by atoms with Crippen LogP contribution in [0.1, 0.15) is 12.8 Å². The summed E-state index contributed by atoms with van der Waals surface area (Å²) in [4.78, 5) is 6.26. The zero-order valence-corrected chi connectivity index (χ0v) is 9.03. The van der Waals surface area contributed by atoms with Crippen LogP contribution in [0.4, 0.5) is 5.69 Å². The summed E-state index contributed by atoms with van der Waals surface area (Å²) in [5, 5.41) is 3.15. The quantitative estimate of drug-likeness (QED) is 0.694. The SMILES string of the molecule is CNCCCCN(C)c1ccncc1. The summed E-state index contributed by atoms with van der Waals surface area (Å²) in [6, 6.07) is 4.08. The number of nitrogens with zero attached hydrogens (tertiary/aromatic N) is 2. The predicted molar refractivity (Wildman–Crippen MR) is 60.7 cm³/mol. The molecule has 3 heteroatoms.